The molecule has 2 rings (SSSR count). The van der Waals surface area contributed by atoms with Gasteiger partial charge in [0.25, 0.3) is 0 Å². The SMILES string of the molecule is CN=C(NCCC(=O)N(C)C)N1CCOC(c2ccc(C)cc2C)C1.I. The Labute approximate surface area is 174 Å². The molecule has 1 saturated heterocycles. The molecule has 1 aromatic rings. The number of rotatable bonds is 4. The minimum Gasteiger partial charge on any atom is -0.370 e. The monoisotopic (exact) mass is 474 g/mol. The summed E-state index contributed by atoms with van der Waals surface area (Å²) in [5, 5.41) is 3.29. The van der Waals surface area contributed by atoms with Crippen molar-refractivity contribution >= 4 is 35.8 Å². The summed E-state index contributed by atoms with van der Waals surface area (Å²) in [4.78, 5) is 19.9. The third kappa shape index (κ3) is 6.12. The van der Waals surface area contributed by atoms with Gasteiger partial charge in [0.05, 0.1) is 13.2 Å². The third-order valence-corrected chi connectivity index (χ3v) is 4.47. The summed E-state index contributed by atoms with van der Waals surface area (Å²) in [6.07, 6.45) is 0.493. The summed E-state index contributed by atoms with van der Waals surface area (Å²) >= 11 is 0. The summed E-state index contributed by atoms with van der Waals surface area (Å²) in [6, 6.07) is 6.48. The number of benzene rings is 1. The Balaban J connectivity index is 0.00000338. The molecule has 1 aliphatic rings. The first-order valence-corrected chi connectivity index (χ1v) is 8.77. The van der Waals surface area contributed by atoms with E-state index >= 15 is 0 Å². The fourth-order valence-corrected chi connectivity index (χ4v) is 3.05. The van der Waals surface area contributed by atoms with Crippen LogP contribution in [0.25, 0.3) is 0 Å². The Morgan fingerprint density at radius 1 is 1.38 bits per heavy atom. The van der Waals surface area contributed by atoms with E-state index in [0.717, 1.165) is 19.0 Å². The van der Waals surface area contributed by atoms with Gasteiger partial charge in [0.2, 0.25) is 5.91 Å². The number of hydrogen-bond donors (Lipinski definition) is 1. The van der Waals surface area contributed by atoms with E-state index in [-0.39, 0.29) is 36.0 Å². The average Bonchev–Trinajstić information content (AvgIpc) is 2.58. The Kier molecular flexibility index (Phi) is 9.35. The lowest BCUT2D eigenvalue weighted by Crippen LogP contribution is -2.48. The number of nitrogens with one attached hydrogen (secondary N) is 1. The number of morpholine rings is 1. The van der Waals surface area contributed by atoms with Gasteiger partial charge in [-0.2, -0.15) is 0 Å². The van der Waals surface area contributed by atoms with Crippen LogP contribution in [0.4, 0.5) is 0 Å². The van der Waals surface area contributed by atoms with E-state index in [1.165, 1.54) is 16.7 Å². The first-order chi connectivity index (χ1) is 11.9. The molecular formula is C19H31IN4O2. The number of ether oxygens (including phenoxy) is 1. The second-order valence-corrected chi connectivity index (χ2v) is 6.68. The van der Waals surface area contributed by atoms with Crippen LogP contribution in [0.1, 0.15) is 29.2 Å². The Morgan fingerprint density at radius 3 is 2.73 bits per heavy atom. The molecule has 0 bridgehead atoms. The molecule has 1 N–H and O–H groups in total. The molecule has 1 heterocycles. The number of halogens is 1. The van der Waals surface area contributed by atoms with Crippen molar-refractivity contribution in [3.8, 4) is 0 Å². The maximum Gasteiger partial charge on any atom is 0.223 e. The molecule has 7 heteroatoms. The topological polar surface area (TPSA) is 57.2 Å². The predicted octanol–water partition coefficient (Wildman–Crippen LogP) is 2.35. The number of nitrogens with zero attached hydrogens (tertiary/aromatic N) is 3. The first-order valence-electron chi connectivity index (χ1n) is 8.77. The standard InChI is InChI=1S/C19H30N4O2.HI/c1-14-6-7-16(15(2)12-14)17-13-23(10-11-25-17)19(20-3)21-9-8-18(24)22(4)5;/h6-7,12,17H,8-11,13H2,1-5H3,(H,20,21);1H. The van der Waals surface area contributed by atoms with Gasteiger partial charge in [0.1, 0.15) is 6.10 Å². The highest BCUT2D eigenvalue weighted by atomic mass is 127. The minimum atomic E-state index is 0. The molecule has 0 spiro atoms. The van der Waals surface area contributed by atoms with Crippen LogP contribution in [-0.2, 0) is 9.53 Å². The molecule has 1 aromatic carbocycles. The van der Waals surface area contributed by atoms with Gasteiger partial charge in [-0.1, -0.05) is 23.8 Å². The smallest absolute Gasteiger partial charge is 0.223 e. The third-order valence-electron chi connectivity index (χ3n) is 4.47. The van der Waals surface area contributed by atoms with E-state index in [1.807, 2.05) is 0 Å². The zero-order chi connectivity index (χ0) is 18.4. The van der Waals surface area contributed by atoms with Crippen molar-refractivity contribution in [2.24, 2.45) is 4.99 Å². The number of aliphatic imine (C=N–C) groups is 1. The van der Waals surface area contributed by atoms with Crippen molar-refractivity contribution < 1.29 is 9.53 Å². The maximum atomic E-state index is 11.7. The molecule has 26 heavy (non-hydrogen) atoms. The van der Waals surface area contributed by atoms with Gasteiger partial charge in [0, 0.05) is 40.7 Å². The number of carbonyl (C=O) groups is 1. The molecule has 0 aliphatic carbocycles. The van der Waals surface area contributed by atoms with Gasteiger partial charge in [-0.15, -0.1) is 24.0 Å². The normalized spacial score (nSPS) is 17.5. The van der Waals surface area contributed by atoms with Crippen LogP contribution < -0.4 is 5.32 Å². The lowest BCUT2D eigenvalue weighted by atomic mass is 10.00. The second kappa shape index (κ2) is 10.7. The van der Waals surface area contributed by atoms with E-state index in [2.05, 4.69) is 47.3 Å². The van der Waals surface area contributed by atoms with Crippen molar-refractivity contribution in [2.45, 2.75) is 26.4 Å². The van der Waals surface area contributed by atoms with Crippen LogP contribution in [0.3, 0.4) is 0 Å². The zero-order valence-electron chi connectivity index (χ0n) is 16.4. The molecule has 0 radical (unpaired) electrons. The second-order valence-electron chi connectivity index (χ2n) is 6.68. The lowest BCUT2D eigenvalue weighted by molar-refractivity contribution is -0.128. The quantitative estimate of drug-likeness (QED) is 0.414. The maximum absolute atomic E-state index is 11.7. The number of amides is 1. The number of carbonyl (C=O) groups excluding carboxylic acids is 1. The van der Waals surface area contributed by atoms with Gasteiger partial charge in [0.15, 0.2) is 5.96 Å². The van der Waals surface area contributed by atoms with Crippen LogP contribution in [0, 0.1) is 13.8 Å². The zero-order valence-corrected chi connectivity index (χ0v) is 18.7. The van der Waals surface area contributed by atoms with E-state index in [9.17, 15) is 4.79 Å². The summed E-state index contributed by atoms with van der Waals surface area (Å²) < 4.78 is 6.00. The Hall–Kier alpha value is -1.35. The van der Waals surface area contributed by atoms with Crippen molar-refractivity contribution in [1.29, 1.82) is 0 Å². The van der Waals surface area contributed by atoms with E-state index in [1.54, 1.807) is 26.0 Å². The summed E-state index contributed by atoms with van der Waals surface area (Å²) in [5.41, 5.74) is 3.75. The van der Waals surface area contributed by atoms with Crippen molar-refractivity contribution in [3.05, 3.63) is 34.9 Å². The van der Waals surface area contributed by atoms with Crippen LogP contribution in [-0.4, -0.2) is 69.1 Å². The van der Waals surface area contributed by atoms with Gasteiger partial charge < -0.3 is 19.9 Å². The van der Waals surface area contributed by atoms with Crippen molar-refractivity contribution in [3.63, 3.8) is 0 Å². The van der Waals surface area contributed by atoms with Crippen molar-refractivity contribution in [1.82, 2.24) is 15.1 Å². The summed E-state index contributed by atoms with van der Waals surface area (Å²) in [5.74, 6) is 0.933. The number of guanidine groups is 1. The predicted molar refractivity (Wildman–Crippen MR) is 116 cm³/mol. The highest BCUT2D eigenvalue weighted by molar-refractivity contribution is 14.0. The van der Waals surface area contributed by atoms with Crippen molar-refractivity contribution in [2.75, 3.05) is 47.4 Å². The number of aryl methyl sites for hydroxylation is 2. The fourth-order valence-electron chi connectivity index (χ4n) is 3.05. The Bertz CT molecular complexity index is 634. The molecule has 0 aromatic heterocycles. The van der Waals surface area contributed by atoms with Gasteiger partial charge in [-0.05, 0) is 25.0 Å². The molecule has 6 nitrogen and oxygen atoms in total. The molecule has 1 aliphatic heterocycles. The molecule has 1 unspecified atom stereocenters. The van der Waals surface area contributed by atoms with Gasteiger partial charge in [-0.25, -0.2) is 0 Å². The molecular weight excluding hydrogens is 443 g/mol. The van der Waals surface area contributed by atoms with Gasteiger partial charge in [-0.3, -0.25) is 9.79 Å². The summed E-state index contributed by atoms with van der Waals surface area (Å²) in [6.45, 7) is 7.02. The molecule has 1 amide bonds. The average molecular weight is 474 g/mol. The highest BCUT2D eigenvalue weighted by Gasteiger charge is 2.25. The van der Waals surface area contributed by atoms with E-state index in [0.29, 0.717) is 19.6 Å². The van der Waals surface area contributed by atoms with E-state index in [4.69, 9.17) is 4.74 Å². The number of hydrogen-bond acceptors (Lipinski definition) is 3. The van der Waals surface area contributed by atoms with Crippen LogP contribution in [0.2, 0.25) is 0 Å². The highest BCUT2D eigenvalue weighted by Crippen LogP contribution is 2.25. The molecule has 0 saturated carbocycles. The lowest BCUT2D eigenvalue weighted by Gasteiger charge is -2.35. The molecule has 146 valence electrons. The van der Waals surface area contributed by atoms with Crippen LogP contribution in [0.5, 0.6) is 0 Å². The molecule has 1 atom stereocenters. The molecule has 1 fully saturated rings. The van der Waals surface area contributed by atoms with E-state index < -0.39 is 0 Å². The fraction of sp³-hybridized carbons (Fsp3) is 0.579. The van der Waals surface area contributed by atoms with Crippen LogP contribution in [0.15, 0.2) is 23.2 Å². The Morgan fingerprint density at radius 2 is 2.12 bits per heavy atom. The van der Waals surface area contributed by atoms with Gasteiger partial charge >= 0.3 is 0 Å². The summed E-state index contributed by atoms with van der Waals surface area (Å²) in [7, 11) is 5.32. The van der Waals surface area contributed by atoms with Crippen LogP contribution >= 0.6 is 24.0 Å². The first kappa shape index (κ1) is 22.7. The largest absolute Gasteiger partial charge is 0.370 e. The minimum absolute atomic E-state index is 0.